The fourth-order valence-corrected chi connectivity index (χ4v) is 1.84. The van der Waals surface area contributed by atoms with Gasteiger partial charge in [-0.2, -0.15) is 5.10 Å². The third-order valence-corrected chi connectivity index (χ3v) is 2.87. The van der Waals surface area contributed by atoms with E-state index in [0.29, 0.717) is 17.9 Å². The first kappa shape index (κ1) is 13.4. The maximum atomic E-state index is 5.67. The van der Waals surface area contributed by atoms with E-state index in [0.717, 1.165) is 17.3 Å². The van der Waals surface area contributed by atoms with E-state index in [1.807, 2.05) is 28.8 Å². The second kappa shape index (κ2) is 6.19. The zero-order valence-corrected chi connectivity index (χ0v) is 11.4. The Morgan fingerprint density at radius 3 is 3.00 bits per heavy atom. The summed E-state index contributed by atoms with van der Waals surface area (Å²) in [5, 5.41) is 6.88. The van der Waals surface area contributed by atoms with Crippen LogP contribution in [0.1, 0.15) is 5.82 Å². The first-order valence-corrected chi connectivity index (χ1v) is 6.17. The highest BCUT2D eigenvalue weighted by Crippen LogP contribution is 2.19. The number of ether oxygens (including phenoxy) is 2. The Kier molecular flexibility index (Phi) is 4.35. The van der Waals surface area contributed by atoms with E-state index in [9.17, 15) is 0 Å². The number of aromatic nitrogens is 3. The fourth-order valence-electron chi connectivity index (χ4n) is 1.62. The SMILES string of the molecule is C=CCn1c(COc2cccc(OC)c2)n[nH]c1=S. The maximum absolute atomic E-state index is 5.67. The van der Waals surface area contributed by atoms with E-state index >= 15 is 0 Å². The van der Waals surface area contributed by atoms with Gasteiger partial charge in [-0.3, -0.25) is 9.67 Å². The lowest BCUT2D eigenvalue weighted by atomic mass is 10.3. The van der Waals surface area contributed by atoms with Gasteiger partial charge in [-0.25, -0.2) is 0 Å². The van der Waals surface area contributed by atoms with Crippen molar-refractivity contribution in [2.24, 2.45) is 0 Å². The number of methoxy groups -OCH3 is 1. The second-order valence-electron chi connectivity index (χ2n) is 3.81. The molecule has 0 fully saturated rings. The molecule has 0 spiro atoms. The molecular formula is C13H15N3O2S. The number of nitrogens with zero attached hydrogens (tertiary/aromatic N) is 2. The molecule has 0 saturated heterocycles. The first-order chi connectivity index (χ1) is 9.24. The van der Waals surface area contributed by atoms with Gasteiger partial charge in [-0.15, -0.1) is 6.58 Å². The van der Waals surface area contributed by atoms with Crippen LogP contribution < -0.4 is 9.47 Å². The highest BCUT2D eigenvalue weighted by molar-refractivity contribution is 7.71. The lowest BCUT2D eigenvalue weighted by molar-refractivity contribution is 0.288. The molecule has 1 heterocycles. The molecule has 19 heavy (non-hydrogen) atoms. The second-order valence-corrected chi connectivity index (χ2v) is 4.20. The number of benzene rings is 1. The molecule has 1 aromatic heterocycles. The normalized spacial score (nSPS) is 10.2. The zero-order chi connectivity index (χ0) is 13.7. The minimum atomic E-state index is 0.328. The van der Waals surface area contributed by atoms with E-state index in [1.54, 1.807) is 13.2 Å². The van der Waals surface area contributed by atoms with Crippen LogP contribution in [0, 0.1) is 4.77 Å². The molecule has 2 rings (SSSR count). The molecule has 100 valence electrons. The number of aromatic amines is 1. The smallest absolute Gasteiger partial charge is 0.195 e. The lowest BCUT2D eigenvalue weighted by Gasteiger charge is -2.08. The molecule has 0 bridgehead atoms. The topological polar surface area (TPSA) is 52.1 Å². The van der Waals surface area contributed by atoms with Crippen LogP contribution in [0.5, 0.6) is 11.5 Å². The van der Waals surface area contributed by atoms with Crippen molar-refractivity contribution in [3.63, 3.8) is 0 Å². The summed E-state index contributed by atoms with van der Waals surface area (Å²) < 4.78 is 13.2. The van der Waals surface area contributed by atoms with Gasteiger partial charge < -0.3 is 9.47 Å². The van der Waals surface area contributed by atoms with E-state index in [-0.39, 0.29) is 0 Å². The van der Waals surface area contributed by atoms with Crippen molar-refractivity contribution in [1.82, 2.24) is 14.8 Å². The van der Waals surface area contributed by atoms with Crippen molar-refractivity contribution in [1.29, 1.82) is 0 Å². The Labute approximate surface area is 116 Å². The summed E-state index contributed by atoms with van der Waals surface area (Å²) in [7, 11) is 1.62. The molecule has 0 atom stereocenters. The van der Waals surface area contributed by atoms with Crippen molar-refractivity contribution in [2.45, 2.75) is 13.2 Å². The maximum Gasteiger partial charge on any atom is 0.195 e. The average Bonchev–Trinajstić information content (AvgIpc) is 2.78. The number of allylic oxidation sites excluding steroid dienone is 1. The van der Waals surface area contributed by atoms with Crippen molar-refractivity contribution >= 4 is 12.2 Å². The molecule has 0 unspecified atom stereocenters. The highest BCUT2D eigenvalue weighted by Gasteiger charge is 2.06. The number of rotatable bonds is 6. The summed E-state index contributed by atoms with van der Waals surface area (Å²) in [4.78, 5) is 0. The summed E-state index contributed by atoms with van der Waals surface area (Å²) in [6.45, 7) is 4.62. The molecule has 2 aromatic rings. The van der Waals surface area contributed by atoms with E-state index in [1.165, 1.54) is 0 Å². The minimum Gasteiger partial charge on any atom is -0.497 e. The van der Waals surface area contributed by atoms with Gasteiger partial charge in [0, 0.05) is 12.6 Å². The molecule has 0 aliphatic rings. The molecule has 0 aliphatic carbocycles. The van der Waals surface area contributed by atoms with Gasteiger partial charge in [0.25, 0.3) is 0 Å². The standard InChI is InChI=1S/C13H15N3O2S/c1-3-7-16-12(14-15-13(16)19)9-18-11-6-4-5-10(8-11)17-2/h3-6,8H,1,7,9H2,2H3,(H,15,19). The van der Waals surface area contributed by atoms with Gasteiger partial charge in [0.1, 0.15) is 18.1 Å². The molecule has 0 amide bonds. The van der Waals surface area contributed by atoms with Crippen LogP contribution in [0.3, 0.4) is 0 Å². The van der Waals surface area contributed by atoms with Gasteiger partial charge in [0.15, 0.2) is 10.6 Å². The molecule has 6 heteroatoms. The van der Waals surface area contributed by atoms with Crippen LogP contribution in [-0.4, -0.2) is 21.9 Å². The Bertz CT molecular complexity index is 618. The summed E-state index contributed by atoms with van der Waals surface area (Å²) in [6.07, 6.45) is 1.76. The van der Waals surface area contributed by atoms with Gasteiger partial charge >= 0.3 is 0 Å². The fraction of sp³-hybridized carbons (Fsp3) is 0.231. The predicted octanol–water partition coefficient (Wildman–Crippen LogP) is 2.71. The van der Waals surface area contributed by atoms with E-state index in [4.69, 9.17) is 21.7 Å². The van der Waals surface area contributed by atoms with Crippen molar-refractivity contribution < 1.29 is 9.47 Å². The summed E-state index contributed by atoms with van der Waals surface area (Å²) in [6, 6.07) is 7.41. The summed E-state index contributed by atoms with van der Waals surface area (Å²) in [5.74, 6) is 2.20. The quantitative estimate of drug-likeness (QED) is 0.651. The van der Waals surface area contributed by atoms with Crippen molar-refractivity contribution in [3.05, 3.63) is 47.5 Å². The largest absolute Gasteiger partial charge is 0.497 e. The van der Waals surface area contributed by atoms with Gasteiger partial charge in [0.05, 0.1) is 7.11 Å². The van der Waals surface area contributed by atoms with Crippen LogP contribution in [0.25, 0.3) is 0 Å². The number of hydrogen-bond donors (Lipinski definition) is 1. The van der Waals surface area contributed by atoms with Crippen LogP contribution in [0.15, 0.2) is 36.9 Å². The van der Waals surface area contributed by atoms with E-state index < -0.39 is 0 Å². The van der Waals surface area contributed by atoms with Crippen molar-refractivity contribution in [3.8, 4) is 11.5 Å². The molecule has 5 nitrogen and oxygen atoms in total. The molecule has 1 N–H and O–H groups in total. The first-order valence-electron chi connectivity index (χ1n) is 5.76. The highest BCUT2D eigenvalue weighted by atomic mass is 32.1. The molecule has 0 aliphatic heterocycles. The van der Waals surface area contributed by atoms with Crippen LogP contribution in [0.2, 0.25) is 0 Å². The predicted molar refractivity (Wildman–Crippen MR) is 74.9 cm³/mol. The molecule has 0 radical (unpaired) electrons. The summed E-state index contributed by atoms with van der Waals surface area (Å²) >= 11 is 5.13. The third kappa shape index (κ3) is 3.23. The van der Waals surface area contributed by atoms with Gasteiger partial charge in [-0.1, -0.05) is 12.1 Å². The van der Waals surface area contributed by atoms with Gasteiger partial charge in [-0.05, 0) is 24.4 Å². The zero-order valence-electron chi connectivity index (χ0n) is 10.6. The lowest BCUT2D eigenvalue weighted by Crippen LogP contribution is -2.06. The third-order valence-electron chi connectivity index (χ3n) is 2.56. The monoisotopic (exact) mass is 277 g/mol. The number of nitrogens with one attached hydrogen (secondary N) is 1. The average molecular weight is 277 g/mol. The van der Waals surface area contributed by atoms with Gasteiger partial charge in [0.2, 0.25) is 0 Å². The van der Waals surface area contributed by atoms with Crippen LogP contribution >= 0.6 is 12.2 Å². The minimum absolute atomic E-state index is 0.328. The Hall–Kier alpha value is -2.08. The summed E-state index contributed by atoms with van der Waals surface area (Å²) in [5.41, 5.74) is 0. The molecular weight excluding hydrogens is 262 g/mol. The van der Waals surface area contributed by atoms with E-state index in [2.05, 4.69) is 16.8 Å². The van der Waals surface area contributed by atoms with Crippen LogP contribution in [0.4, 0.5) is 0 Å². The Balaban J connectivity index is 2.09. The number of H-pyrrole nitrogens is 1. The molecule has 0 saturated carbocycles. The van der Waals surface area contributed by atoms with Crippen LogP contribution in [-0.2, 0) is 13.2 Å². The Morgan fingerprint density at radius 2 is 2.26 bits per heavy atom. The Morgan fingerprint density at radius 1 is 1.47 bits per heavy atom. The molecule has 1 aromatic carbocycles. The number of hydrogen-bond acceptors (Lipinski definition) is 4. The van der Waals surface area contributed by atoms with Crippen molar-refractivity contribution in [2.75, 3.05) is 7.11 Å².